The Hall–Kier alpha value is -3.27. The van der Waals surface area contributed by atoms with Crippen LogP contribution in [-0.2, 0) is 4.74 Å². The van der Waals surface area contributed by atoms with Gasteiger partial charge in [-0.1, -0.05) is 30.4 Å². The second-order valence-corrected chi connectivity index (χ2v) is 5.41. The van der Waals surface area contributed by atoms with Gasteiger partial charge in [0.2, 0.25) is 0 Å². The number of benzene rings is 2. The fourth-order valence-corrected chi connectivity index (χ4v) is 2.25. The van der Waals surface area contributed by atoms with Crippen molar-refractivity contribution in [3.05, 3.63) is 83.5 Å². The zero-order chi connectivity index (χ0) is 18.2. The molecule has 2 rings (SSSR count). The Morgan fingerprint density at radius 2 is 1.64 bits per heavy atom. The predicted octanol–water partition coefficient (Wildman–Crippen LogP) is 4.66. The van der Waals surface area contributed by atoms with Crippen molar-refractivity contribution in [2.45, 2.75) is 13.8 Å². The lowest BCUT2D eigenvalue weighted by atomic mass is 10.1. The Labute approximate surface area is 148 Å². The van der Waals surface area contributed by atoms with Gasteiger partial charge >= 0.3 is 5.97 Å². The summed E-state index contributed by atoms with van der Waals surface area (Å²) in [5.41, 5.74) is 14.6. The third-order valence-electron chi connectivity index (χ3n) is 3.48. The van der Waals surface area contributed by atoms with Crippen molar-refractivity contribution in [1.29, 1.82) is 0 Å². The van der Waals surface area contributed by atoms with Crippen LogP contribution in [0.15, 0.2) is 66.8 Å². The Kier molecular flexibility index (Phi) is 6.18. The second kappa shape index (κ2) is 8.55. The molecule has 25 heavy (non-hydrogen) atoms. The van der Waals surface area contributed by atoms with Crippen LogP contribution in [0, 0.1) is 0 Å². The van der Waals surface area contributed by atoms with Crippen molar-refractivity contribution in [3.63, 3.8) is 0 Å². The Balaban J connectivity index is 2.38. The number of carbonyl (C=O) groups is 1. The maximum Gasteiger partial charge on any atom is 0.344 e. The second-order valence-electron chi connectivity index (χ2n) is 5.41. The van der Waals surface area contributed by atoms with Gasteiger partial charge in [0.05, 0.1) is 5.56 Å². The molecule has 4 nitrogen and oxygen atoms in total. The topological polar surface area (TPSA) is 78.3 Å². The smallest absolute Gasteiger partial charge is 0.344 e. The summed E-state index contributed by atoms with van der Waals surface area (Å²) >= 11 is 0. The van der Waals surface area contributed by atoms with Crippen molar-refractivity contribution >= 4 is 29.2 Å². The highest BCUT2D eigenvalue weighted by Crippen LogP contribution is 2.22. The zero-order valence-corrected chi connectivity index (χ0v) is 14.4. The summed E-state index contributed by atoms with van der Waals surface area (Å²) in [6.07, 6.45) is 9.11. The highest BCUT2D eigenvalue weighted by atomic mass is 16.5. The average Bonchev–Trinajstić information content (AvgIpc) is 2.61. The minimum Gasteiger partial charge on any atom is -0.422 e. The molecule has 0 radical (unpaired) electrons. The van der Waals surface area contributed by atoms with Crippen LogP contribution in [-0.4, -0.2) is 5.97 Å². The zero-order valence-electron chi connectivity index (χ0n) is 14.4. The van der Waals surface area contributed by atoms with Crippen LogP contribution in [0.3, 0.4) is 0 Å². The van der Waals surface area contributed by atoms with Crippen molar-refractivity contribution in [2.75, 3.05) is 11.5 Å². The third kappa shape index (κ3) is 4.85. The molecule has 0 amide bonds. The molecule has 0 unspecified atom stereocenters. The summed E-state index contributed by atoms with van der Waals surface area (Å²) in [6.45, 7) is 3.78. The molecule has 0 spiro atoms. The van der Waals surface area contributed by atoms with Crippen LogP contribution in [0.4, 0.5) is 11.4 Å². The van der Waals surface area contributed by atoms with E-state index in [9.17, 15) is 4.79 Å². The molecule has 0 aliphatic heterocycles. The van der Waals surface area contributed by atoms with Gasteiger partial charge in [-0.05, 0) is 61.9 Å². The minimum absolute atomic E-state index is 0.417. The highest BCUT2D eigenvalue weighted by molar-refractivity contribution is 5.97. The normalized spacial score (nSPS) is 12.0. The first kappa shape index (κ1) is 18.1. The van der Waals surface area contributed by atoms with E-state index in [0.29, 0.717) is 22.7 Å². The molecule has 0 aliphatic rings. The summed E-state index contributed by atoms with van der Waals surface area (Å²) in [5.74, 6) is -0.0232. The lowest BCUT2D eigenvalue weighted by molar-refractivity contribution is 0.0692. The van der Waals surface area contributed by atoms with E-state index >= 15 is 0 Å². The average molecular weight is 334 g/mol. The van der Waals surface area contributed by atoms with Gasteiger partial charge in [0, 0.05) is 16.9 Å². The molecule has 0 fully saturated rings. The standard InChI is InChI=1S/C21H22N2O2/c1-3-5-7-20(16-9-11-17(22)12-10-16)25-21(24)19-14-18(23)13-8-15(19)6-4-2/h3-14H,22-23H2,1-2H3/b5-3+,6-4+,20-7+. The fraction of sp³-hybridized carbons (Fsp3) is 0.0952. The molecular formula is C21H22N2O2. The van der Waals surface area contributed by atoms with Crippen molar-refractivity contribution in [1.82, 2.24) is 0 Å². The molecule has 0 saturated heterocycles. The lowest BCUT2D eigenvalue weighted by Gasteiger charge is -2.11. The van der Waals surface area contributed by atoms with Crippen LogP contribution in [0.25, 0.3) is 11.8 Å². The number of rotatable bonds is 5. The molecule has 4 heteroatoms. The largest absolute Gasteiger partial charge is 0.422 e. The molecule has 128 valence electrons. The van der Waals surface area contributed by atoms with Gasteiger partial charge in [0.15, 0.2) is 0 Å². The fourth-order valence-electron chi connectivity index (χ4n) is 2.25. The van der Waals surface area contributed by atoms with Crippen LogP contribution < -0.4 is 11.5 Å². The molecule has 0 aliphatic carbocycles. The Morgan fingerprint density at radius 1 is 0.960 bits per heavy atom. The third-order valence-corrected chi connectivity index (χ3v) is 3.48. The van der Waals surface area contributed by atoms with E-state index in [2.05, 4.69) is 0 Å². The lowest BCUT2D eigenvalue weighted by Crippen LogP contribution is -2.07. The first-order valence-corrected chi connectivity index (χ1v) is 7.98. The highest BCUT2D eigenvalue weighted by Gasteiger charge is 2.15. The molecule has 4 N–H and O–H groups in total. The maximum atomic E-state index is 12.7. The summed E-state index contributed by atoms with van der Waals surface area (Å²) in [7, 11) is 0. The molecule has 0 aromatic heterocycles. The quantitative estimate of drug-likeness (QED) is 0.361. The first-order valence-electron chi connectivity index (χ1n) is 7.98. The van der Waals surface area contributed by atoms with E-state index in [1.54, 1.807) is 36.4 Å². The van der Waals surface area contributed by atoms with Gasteiger partial charge in [-0.3, -0.25) is 0 Å². The van der Waals surface area contributed by atoms with E-state index in [4.69, 9.17) is 16.2 Å². The summed E-state index contributed by atoms with van der Waals surface area (Å²) in [5, 5.41) is 0. The van der Waals surface area contributed by atoms with E-state index in [-0.39, 0.29) is 0 Å². The monoisotopic (exact) mass is 334 g/mol. The van der Waals surface area contributed by atoms with Crippen molar-refractivity contribution < 1.29 is 9.53 Å². The minimum atomic E-state index is -0.465. The number of anilines is 2. The number of carbonyl (C=O) groups excluding carboxylic acids is 1. The van der Waals surface area contributed by atoms with Gasteiger partial charge < -0.3 is 16.2 Å². The number of nitrogen functional groups attached to an aromatic ring is 2. The van der Waals surface area contributed by atoms with Gasteiger partial charge in [-0.15, -0.1) is 0 Å². The number of hydrogen-bond donors (Lipinski definition) is 2. The van der Waals surface area contributed by atoms with E-state index in [1.165, 1.54) is 0 Å². The number of hydrogen-bond acceptors (Lipinski definition) is 4. The van der Waals surface area contributed by atoms with Gasteiger partial charge in [0.25, 0.3) is 0 Å². The van der Waals surface area contributed by atoms with Gasteiger partial charge in [-0.2, -0.15) is 0 Å². The summed E-state index contributed by atoms with van der Waals surface area (Å²) < 4.78 is 5.65. The molecule has 0 saturated carbocycles. The van der Waals surface area contributed by atoms with E-state index < -0.39 is 5.97 Å². The molecule has 2 aromatic rings. The molecule has 0 bridgehead atoms. The number of nitrogens with two attached hydrogens (primary N) is 2. The summed E-state index contributed by atoms with van der Waals surface area (Å²) in [6, 6.07) is 12.3. The van der Waals surface area contributed by atoms with E-state index in [1.807, 2.05) is 50.3 Å². The van der Waals surface area contributed by atoms with Crippen molar-refractivity contribution in [3.8, 4) is 0 Å². The number of allylic oxidation sites excluding steroid dienone is 4. The molecule has 2 aromatic carbocycles. The van der Waals surface area contributed by atoms with Crippen LogP contribution in [0.2, 0.25) is 0 Å². The number of esters is 1. The first-order chi connectivity index (χ1) is 12.0. The Morgan fingerprint density at radius 3 is 2.28 bits per heavy atom. The number of ether oxygens (including phenoxy) is 1. The van der Waals surface area contributed by atoms with E-state index in [0.717, 1.165) is 11.1 Å². The molecule has 0 atom stereocenters. The maximum absolute atomic E-state index is 12.7. The SMILES string of the molecule is C/C=C/C=C(/OC(=O)c1cc(N)ccc1/C=C/C)c1ccc(N)cc1. The van der Waals surface area contributed by atoms with Gasteiger partial charge in [-0.25, -0.2) is 4.79 Å². The van der Waals surface area contributed by atoms with Gasteiger partial charge in [0.1, 0.15) is 5.76 Å². The van der Waals surface area contributed by atoms with Crippen LogP contribution in [0.1, 0.15) is 35.3 Å². The molecular weight excluding hydrogens is 312 g/mol. The predicted molar refractivity (Wildman–Crippen MR) is 105 cm³/mol. The van der Waals surface area contributed by atoms with Crippen LogP contribution in [0.5, 0.6) is 0 Å². The van der Waals surface area contributed by atoms with Crippen molar-refractivity contribution in [2.24, 2.45) is 0 Å². The Bertz CT molecular complexity index is 831. The molecule has 0 heterocycles. The summed E-state index contributed by atoms with van der Waals surface area (Å²) in [4.78, 5) is 12.7. The van der Waals surface area contributed by atoms with Crippen LogP contribution >= 0.6 is 0 Å².